The molecular weight excluding hydrogens is 973 g/mol. The average molecular weight is 1100 g/mol. The van der Waals surface area contributed by atoms with Gasteiger partial charge in [-0.05, 0) is 109 Å². The van der Waals surface area contributed by atoms with E-state index in [1.54, 1.807) is 0 Å². The molecule has 6 nitrogen and oxygen atoms in total. The van der Waals surface area contributed by atoms with Gasteiger partial charge in [0.25, 0.3) is 0 Å². The Morgan fingerprint density at radius 2 is 0.494 bits per heavy atom. The van der Waals surface area contributed by atoms with Crippen LogP contribution in [0.15, 0.2) is 109 Å². The largest absolute Gasteiger partial charge is 0.462 e. The van der Waals surface area contributed by atoms with Crippen LogP contribution in [0.25, 0.3) is 0 Å². The second-order valence-corrected chi connectivity index (χ2v) is 22.0. The van der Waals surface area contributed by atoms with Crippen LogP contribution >= 0.6 is 0 Å². The Balaban J connectivity index is 4.16. The van der Waals surface area contributed by atoms with Crippen LogP contribution in [0.1, 0.15) is 316 Å². The number of carbonyl (C=O) groups is 3. The van der Waals surface area contributed by atoms with Gasteiger partial charge in [0.05, 0.1) is 0 Å². The highest BCUT2D eigenvalue weighted by Gasteiger charge is 2.19. The Morgan fingerprint density at radius 3 is 0.797 bits per heavy atom. The highest BCUT2D eigenvalue weighted by Crippen LogP contribution is 2.16. The zero-order valence-corrected chi connectivity index (χ0v) is 51.9. The van der Waals surface area contributed by atoms with Gasteiger partial charge in [-0.15, -0.1) is 0 Å². The second kappa shape index (κ2) is 66.6. The minimum atomic E-state index is -0.780. The average Bonchev–Trinajstić information content (AvgIpc) is 3.45. The third kappa shape index (κ3) is 64.8. The highest BCUT2D eigenvalue weighted by atomic mass is 16.6. The lowest BCUT2D eigenvalue weighted by Crippen LogP contribution is -2.30. The van der Waals surface area contributed by atoms with E-state index < -0.39 is 6.10 Å². The van der Waals surface area contributed by atoms with Gasteiger partial charge < -0.3 is 14.2 Å². The van der Waals surface area contributed by atoms with Crippen LogP contribution in [0.5, 0.6) is 0 Å². The fourth-order valence-electron chi connectivity index (χ4n) is 9.28. The molecule has 0 N–H and O–H groups in total. The van der Waals surface area contributed by atoms with Crippen molar-refractivity contribution >= 4 is 17.9 Å². The normalized spacial score (nSPS) is 12.8. The number of rotatable bonds is 60. The van der Waals surface area contributed by atoms with E-state index in [0.717, 1.165) is 109 Å². The molecule has 0 rings (SSSR count). The molecule has 0 aliphatic heterocycles. The summed E-state index contributed by atoms with van der Waals surface area (Å²) in [5, 5.41) is 0. The van der Waals surface area contributed by atoms with E-state index in [4.69, 9.17) is 14.2 Å². The maximum Gasteiger partial charge on any atom is 0.306 e. The van der Waals surface area contributed by atoms with Crippen LogP contribution in [0.2, 0.25) is 0 Å². The maximum atomic E-state index is 12.9. The Labute approximate surface area is 489 Å². The molecule has 0 fully saturated rings. The van der Waals surface area contributed by atoms with Gasteiger partial charge in [-0.2, -0.15) is 0 Å². The zero-order valence-electron chi connectivity index (χ0n) is 51.9. The minimum absolute atomic E-state index is 0.0776. The van der Waals surface area contributed by atoms with Crippen molar-refractivity contribution in [3.05, 3.63) is 109 Å². The zero-order chi connectivity index (χ0) is 57.1. The van der Waals surface area contributed by atoms with Crippen LogP contribution in [0, 0.1) is 0 Å². The predicted molar refractivity (Wildman–Crippen MR) is 343 cm³/mol. The van der Waals surface area contributed by atoms with Crippen LogP contribution in [0.4, 0.5) is 0 Å². The molecule has 0 aliphatic rings. The molecular formula is C73H124O6. The summed E-state index contributed by atoms with van der Waals surface area (Å²) in [6, 6.07) is 0. The van der Waals surface area contributed by atoms with Gasteiger partial charge >= 0.3 is 17.9 Å². The van der Waals surface area contributed by atoms with Gasteiger partial charge in [-0.3, -0.25) is 14.4 Å². The maximum absolute atomic E-state index is 12.9. The second-order valence-electron chi connectivity index (χ2n) is 22.0. The number of carbonyl (C=O) groups excluding carboxylic acids is 3. The molecule has 0 amide bonds. The summed E-state index contributed by atoms with van der Waals surface area (Å²) in [7, 11) is 0. The molecule has 0 heterocycles. The SMILES string of the molecule is CC/C=C\C/C=C\C/C=C\C/C=C\C/C=C\C/C=C\C/C=C\CCCCCCCCCCCCCC(=O)OCC(COC(=O)CCCCCCCCCCC)OC(=O)CCCCCCCCCCC/C=C\C/C=C\CCCCC. The van der Waals surface area contributed by atoms with E-state index in [-0.39, 0.29) is 31.1 Å². The summed E-state index contributed by atoms with van der Waals surface area (Å²) in [5.74, 6) is -0.878. The molecule has 0 bridgehead atoms. The van der Waals surface area contributed by atoms with E-state index in [0.29, 0.717) is 19.3 Å². The smallest absolute Gasteiger partial charge is 0.306 e. The Bertz CT molecular complexity index is 1590. The van der Waals surface area contributed by atoms with Gasteiger partial charge in [-0.1, -0.05) is 297 Å². The first-order chi connectivity index (χ1) is 39.0. The number of esters is 3. The van der Waals surface area contributed by atoms with Crippen molar-refractivity contribution in [3.8, 4) is 0 Å². The highest BCUT2D eigenvalue weighted by molar-refractivity contribution is 5.71. The van der Waals surface area contributed by atoms with Crippen molar-refractivity contribution < 1.29 is 28.6 Å². The van der Waals surface area contributed by atoms with Crippen molar-refractivity contribution in [2.75, 3.05) is 13.2 Å². The summed E-state index contributed by atoms with van der Waals surface area (Å²) >= 11 is 0. The van der Waals surface area contributed by atoms with Crippen molar-refractivity contribution in [1.29, 1.82) is 0 Å². The first-order valence-electron chi connectivity index (χ1n) is 33.4. The molecule has 0 saturated heterocycles. The third-order valence-corrected chi connectivity index (χ3v) is 14.3. The topological polar surface area (TPSA) is 78.9 Å². The Morgan fingerprint density at radius 1 is 0.266 bits per heavy atom. The molecule has 0 aliphatic carbocycles. The predicted octanol–water partition coefficient (Wildman–Crippen LogP) is 23.0. The number of allylic oxidation sites excluding steroid dienone is 18. The van der Waals surface area contributed by atoms with E-state index in [2.05, 4.69) is 130 Å². The molecule has 0 aromatic rings. The summed E-state index contributed by atoms with van der Waals surface area (Å²) in [4.78, 5) is 38.2. The van der Waals surface area contributed by atoms with Gasteiger partial charge in [0.2, 0.25) is 0 Å². The van der Waals surface area contributed by atoms with Crippen molar-refractivity contribution in [2.45, 2.75) is 322 Å². The summed E-state index contributed by atoms with van der Waals surface area (Å²) in [6.07, 6.45) is 91.1. The van der Waals surface area contributed by atoms with Gasteiger partial charge in [-0.25, -0.2) is 0 Å². The van der Waals surface area contributed by atoms with E-state index in [9.17, 15) is 14.4 Å². The van der Waals surface area contributed by atoms with E-state index >= 15 is 0 Å². The first-order valence-corrected chi connectivity index (χ1v) is 33.4. The molecule has 1 atom stereocenters. The lowest BCUT2D eigenvalue weighted by molar-refractivity contribution is -0.167. The summed E-state index contributed by atoms with van der Waals surface area (Å²) in [6.45, 7) is 6.50. The lowest BCUT2D eigenvalue weighted by Gasteiger charge is -2.18. The summed E-state index contributed by atoms with van der Waals surface area (Å²) in [5.41, 5.74) is 0. The molecule has 0 saturated carbocycles. The monoisotopic (exact) mass is 1100 g/mol. The van der Waals surface area contributed by atoms with E-state index in [1.165, 1.54) is 167 Å². The number of ether oxygens (including phenoxy) is 3. The Kier molecular flexibility index (Phi) is 63.3. The van der Waals surface area contributed by atoms with Crippen LogP contribution in [0.3, 0.4) is 0 Å². The molecule has 452 valence electrons. The van der Waals surface area contributed by atoms with Crippen molar-refractivity contribution in [3.63, 3.8) is 0 Å². The van der Waals surface area contributed by atoms with Crippen molar-refractivity contribution in [1.82, 2.24) is 0 Å². The lowest BCUT2D eigenvalue weighted by atomic mass is 10.0. The molecule has 1 unspecified atom stereocenters. The molecule has 0 aromatic heterocycles. The number of hydrogen-bond donors (Lipinski definition) is 0. The van der Waals surface area contributed by atoms with Crippen LogP contribution in [-0.2, 0) is 28.6 Å². The van der Waals surface area contributed by atoms with Gasteiger partial charge in [0.15, 0.2) is 6.10 Å². The quantitative estimate of drug-likeness (QED) is 0.0261. The van der Waals surface area contributed by atoms with Crippen molar-refractivity contribution in [2.24, 2.45) is 0 Å². The molecule has 6 heteroatoms. The molecule has 0 spiro atoms. The first kappa shape index (κ1) is 75.1. The molecule has 0 radical (unpaired) electrons. The molecule has 79 heavy (non-hydrogen) atoms. The third-order valence-electron chi connectivity index (χ3n) is 14.3. The molecule has 0 aromatic carbocycles. The van der Waals surface area contributed by atoms with Crippen LogP contribution < -0.4 is 0 Å². The standard InChI is InChI=1S/C73H124O6/c1-4-7-10-13-16-19-21-23-25-27-29-30-31-32-33-34-35-36-37-38-39-40-41-42-44-45-47-49-51-54-57-60-63-66-72(75)78-69-70(68-77-71(74)65-62-59-56-53-18-15-12-9-6-3)79-73(76)67-64-61-58-55-52-50-48-46-43-28-26-24-22-20-17-14-11-8-5-2/h7,10,16-17,19-20,23-26,29-30,32-33,35-36,38-39,70H,4-6,8-9,11-15,18,21-22,27-28,31,34,37,40-69H2,1-3H3/b10-7-,19-16-,20-17-,25-23-,26-24-,30-29-,33-32-,36-35-,39-38-. The van der Waals surface area contributed by atoms with Crippen LogP contribution in [-0.4, -0.2) is 37.2 Å². The number of hydrogen-bond acceptors (Lipinski definition) is 6. The summed E-state index contributed by atoms with van der Waals surface area (Å²) < 4.78 is 16.9. The Hall–Kier alpha value is -3.93. The van der Waals surface area contributed by atoms with E-state index in [1.807, 2.05) is 0 Å². The van der Waals surface area contributed by atoms with Gasteiger partial charge in [0, 0.05) is 19.3 Å². The fraction of sp³-hybridized carbons (Fsp3) is 0.712. The minimum Gasteiger partial charge on any atom is -0.462 e. The number of unbranched alkanes of at least 4 members (excludes halogenated alkanes) is 31. The van der Waals surface area contributed by atoms with Gasteiger partial charge in [0.1, 0.15) is 13.2 Å². The fourth-order valence-corrected chi connectivity index (χ4v) is 9.28.